The number of thioether (sulfide) groups is 2. The van der Waals surface area contributed by atoms with Crippen molar-refractivity contribution in [2.45, 2.75) is 23.2 Å². The van der Waals surface area contributed by atoms with E-state index >= 15 is 0 Å². The highest BCUT2D eigenvalue weighted by molar-refractivity contribution is 8.01. The van der Waals surface area contributed by atoms with Gasteiger partial charge in [-0.1, -0.05) is 6.08 Å². The Bertz CT molecular complexity index is 1170. The van der Waals surface area contributed by atoms with E-state index in [0.717, 1.165) is 4.90 Å². The van der Waals surface area contributed by atoms with Crippen molar-refractivity contribution in [3.8, 4) is 0 Å². The van der Waals surface area contributed by atoms with Gasteiger partial charge in [-0.3, -0.25) is 14.5 Å². The number of β-lactam (4-membered cyclic amide) rings is 1. The van der Waals surface area contributed by atoms with Crippen molar-refractivity contribution in [1.29, 1.82) is 0 Å². The maximum Gasteiger partial charge on any atom is 0.253 e. The lowest BCUT2D eigenvalue weighted by Gasteiger charge is -2.50. The lowest BCUT2D eigenvalue weighted by Crippen LogP contribution is -2.71. The van der Waals surface area contributed by atoms with Crippen LogP contribution in [0.25, 0.3) is 5.57 Å². The summed E-state index contributed by atoms with van der Waals surface area (Å²) in [4.78, 5) is 43.9. The number of allylic oxidation sites excluding steroid dienone is 1. The Labute approximate surface area is 202 Å². The normalized spacial score (nSPS) is 20.4. The van der Waals surface area contributed by atoms with Gasteiger partial charge in [0.15, 0.2) is 17.5 Å². The summed E-state index contributed by atoms with van der Waals surface area (Å²) in [5.41, 5.74) is 6.93. The number of amides is 2. The molecule has 0 aliphatic carbocycles. The van der Waals surface area contributed by atoms with E-state index in [1.54, 1.807) is 18.4 Å². The van der Waals surface area contributed by atoms with E-state index in [2.05, 4.69) is 10.3 Å². The topological polar surface area (TPSA) is 132 Å². The van der Waals surface area contributed by atoms with E-state index in [-0.39, 0.29) is 5.70 Å². The maximum absolute atomic E-state index is 12.9. The number of carboxylic acid groups (broad SMARTS) is 1. The summed E-state index contributed by atoms with van der Waals surface area (Å²) in [5, 5.41) is 16.2. The Morgan fingerprint density at radius 3 is 2.76 bits per heavy atom. The number of nitrogens with zero attached hydrogens (tertiary/aromatic N) is 3. The van der Waals surface area contributed by atoms with Crippen molar-refractivity contribution in [3.63, 3.8) is 0 Å². The molecule has 1 saturated heterocycles. The number of carboxylic acids is 1. The fourth-order valence-electron chi connectivity index (χ4n) is 3.56. The van der Waals surface area contributed by atoms with Gasteiger partial charge in [-0.2, -0.15) is 0 Å². The number of hydrogen-bond acceptors (Lipinski definition) is 9. The zero-order valence-corrected chi connectivity index (χ0v) is 20.3. The van der Waals surface area contributed by atoms with E-state index in [9.17, 15) is 19.5 Å². The van der Waals surface area contributed by atoms with Crippen molar-refractivity contribution < 1.29 is 24.1 Å². The second kappa shape index (κ2) is 9.57. The maximum atomic E-state index is 12.9. The Kier molecular flexibility index (Phi) is 6.77. The molecule has 2 aliphatic heterocycles. The molecule has 2 aromatic heterocycles. The minimum Gasteiger partial charge on any atom is -0.543 e. The molecule has 33 heavy (non-hydrogen) atoms. The molecule has 0 saturated carbocycles. The molecule has 0 bridgehead atoms. The molecular formula is C21H21N5O4S3. The Morgan fingerprint density at radius 1 is 1.42 bits per heavy atom. The first-order chi connectivity index (χ1) is 15.8. The van der Waals surface area contributed by atoms with Gasteiger partial charge in [-0.25, -0.2) is 9.55 Å². The molecule has 4 rings (SSSR count). The van der Waals surface area contributed by atoms with Gasteiger partial charge < -0.3 is 21.0 Å². The highest BCUT2D eigenvalue weighted by atomic mass is 32.2. The van der Waals surface area contributed by atoms with Crippen molar-refractivity contribution >= 4 is 63.3 Å². The second-order valence-corrected chi connectivity index (χ2v) is 10.4. The quantitative estimate of drug-likeness (QED) is 0.236. The van der Waals surface area contributed by atoms with E-state index < -0.39 is 29.2 Å². The number of rotatable bonds is 7. The molecule has 0 radical (unpaired) electrons. The molecule has 3 N–H and O–H groups in total. The van der Waals surface area contributed by atoms with Crippen LogP contribution in [0.5, 0.6) is 0 Å². The average molecular weight is 504 g/mol. The highest BCUT2D eigenvalue weighted by Gasteiger charge is 2.53. The van der Waals surface area contributed by atoms with Gasteiger partial charge in [-0.05, 0) is 12.5 Å². The number of nitrogens with one attached hydrogen (secondary N) is 1. The van der Waals surface area contributed by atoms with Crippen LogP contribution in [0.2, 0.25) is 0 Å². The van der Waals surface area contributed by atoms with Gasteiger partial charge in [0.2, 0.25) is 0 Å². The monoisotopic (exact) mass is 503 g/mol. The second-order valence-electron chi connectivity index (χ2n) is 7.36. The van der Waals surface area contributed by atoms with Gasteiger partial charge in [0, 0.05) is 33.9 Å². The summed E-state index contributed by atoms with van der Waals surface area (Å²) in [6, 6.07) is 3.06. The molecule has 2 atom stereocenters. The standard InChI is InChI=1S/C21H21N5O4S3/c1-3-13(14-10-33-21(22)23-14)17(27)24-15-18(28)26-16(20(29)30)11(9-32-19(15)26)8-31-12-4-6-25(2)7-5-12/h3-7,10,15,19H,8-9H2,1-2H3,(H3-,22,23,24,27,29,30)/b13-3+/t15-,19-/m1/s1. The fourth-order valence-corrected chi connectivity index (χ4v) is 6.49. The third kappa shape index (κ3) is 4.63. The van der Waals surface area contributed by atoms with Crippen LogP contribution in [0, 0.1) is 0 Å². The summed E-state index contributed by atoms with van der Waals surface area (Å²) in [7, 11) is 1.92. The van der Waals surface area contributed by atoms with E-state index in [1.807, 2.05) is 36.1 Å². The number of hydrogen-bond donors (Lipinski definition) is 2. The first-order valence-corrected chi connectivity index (χ1v) is 12.9. The fraction of sp³-hybridized carbons (Fsp3) is 0.286. The summed E-state index contributed by atoms with van der Waals surface area (Å²) in [6.07, 6.45) is 5.42. The minimum atomic E-state index is -1.39. The highest BCUT2D eigenvalue weighted by Crippen LogP contribution is 2.41. The molecule has 2 amide bonds. The van der Waals surface area contributed by atoms with Gasteiger partial charge in [0.25, 0.3) is 11.8 Å². The van der Waals surface area contributed by atoms with Crippen LogP contribution >= 0.6 is 34.9 Å². The zero-order valence-electron chi connectivity index (χ0n) is 17.8. The van der Waals surface area contributed by atoms with Crippen molar-refractivity contribution in [2.24, 2.45) is 7.05 Å². The number of aliphatic carboxylic acids is 1. The molecule has 0 unspecified atom stereocenters. The molecule has 1 fully saturated rings. The van der Waals surface area contributed by atoms with Crippen molar-refractivity contribution in [2.75, 3.05) is 17.2 Å². The number of fused-ring (bicyclic) bond motifs is 1. The number of carbonyl (C=O) groups excluding carboxylic acids is 3. The first kappa shape index (κ1) is 23.3. The van der Waals surface area contributed by atoms with Crippen LogP contribution in [0.3, 0.4) is 0 Å². The number of anilines is 1. The molecule has 172 valence electrons. The van der Waals surface area contributed by atoms with Gasteiger partial charge in [-0.15, -0.1) is 34.9 Å². The van der Waals surface area contributed by atoms with Crippen LogP contribution in [0.15, 0.2) is 52.1 Å². The third-order valence-electron chi connectivity index (χ3n) is 5.22. The van der Waals surface area contributed by atoms with E-state index in [4.69, 9.17) is 5.73 Å². The number of nitrogens with two attached hydrogens (primary N) is 1. The number of aryl methyl sites for hydroxylation is 1. The van der Waals surface area contributed by atoms with E-state index in [0.29, 0.717) is 33.5 Å². The van der Waals surface area contributed by atoms with Gasteiger partial charge >= 0.3 is 0 Å². The predicted molar refractivity (Wildman–Crippen MR) is 126 cm³/mol. The van der Waals surface area contributed by atoms with Gasteiger partial charge in [0.1, 0.15) is 18.5 Å². The summed E-state index contributed by atoms with van der Waals surface area (Å²) in [6.45, 7) is 1.70. The molecule has 4 heterocycles. The van der Waals surface area contributed by atoms with Gasteiger partial charge in [0.05, 0.1) is 22.9 Å². The Balaban J connectivity index is 1.47. The minimum absolute atomic E-state index is 0.0956. The SMILES string of the molecule is C/C=C(/C(=O)N[C@@H]1C(=O)N2C(C(=O)[O-])=C(CSc3cc[n+](C)cc3)CS[C@H]12)c1csc(N)n1. The van der Waals surface area contributed by atoms with Crippen LogP contribution in [-0.2, 0) is 21.4 Å². The van der Waals surface area contributed by atoms with Crippen LogP contribution < -0.4 is 20.7 Å². The number of nitrogen functional groups attached to an aromatic ring is 1. The zero-order chi connectivity index (χ0) is 23.7. The molecule has 2 aliphatic rings. The lowest BCUT2D eigenvalue weighted by atomic mass is 10.0. The summed E-state index contributed by atoms with van der Waals surface area (Å²) in [5.74, 6) is -1.47. The molecule has 0 aromatic carbocycles. The molecule has 2 aromatic rings. The van der Waals surface area contributed by atoms with Crippen molar-refractivity contribution in [1.82, 2.24) is 15.2 Å². The largest absolute Gasteiger partial charge is 0.543 e. The first-order valence-electron chi connectivity index (χ1n) is 9.94. The number of aromatic nitrogens is 2. The molecular weight excluding hydrogens is 482 g/mol. The van der Waals surface area contributed by atoms with E-state index in [1.165, 1.54) is 39.8 Å². The third-order valence-corrected chi connectivity index (χ3v) is 8.33. The average Bonchev–Trinajstić information content (AvgIpc) is 3.22. The van der Waals surface area contributed by atoms with Crippen LogP contribution in [0.4, 0.5) is 5.13 Å². The number of carbonyl (C=O) groups is 3. The number of pyridine rings is 1. The number of thiazole rings is 1. The summed E-state index contributed by atoms with van der Waals surface area (Å²) >= 11 is 4.14. The van der Waals surface area contributed by atoms with Crippen LogP contribution in [0.1, 0.15) is 12.6 Å². The Morgan fingerprint density at radius 2 is 2.15 bits per heavy atom. The van der Waals surface area contributed by atoms with Crippen molar-refractivity contribution in [3.05, 3.63) is 52.9 Å². The molecule has 9 nitrogen and oxygen atoms in total. The Hall–Kier alpha value is -2.83. The smallest absolute Gasteiger partial charge is 0.253 e. The lowest BCUT2D eigenvalue weighted by molar-refractivity contribution is -0.671. The predicted octanol–water partition coefficient (Wildman–Crippen LogP) is 0.149. The molecule has 12 heteroatoms. The molecule has 0 spiro atoms. The summed E-state index contributed by atoms with van der Waals surface area (Å²) < 4.78 is 1.91. The van der Waals surface area contributed by atoms with Crippen LogP contribution in [-0.4, -0.2) is 50.6 Å².